The SMILES string of the molecule is C#CC/C=C\C/C=C\C[C@@H](C)N[C@@H](C)CCN(CCC)Cc1ccn2ncnc(Nc3cccc(OC)c3)c12. The number of terminal acetylenes is 1. The summed E-state index contributed by atoms with van der Waals surface area (Å²) >= 11 is 0. The van der Waals surface area contributed by atoms with E-state index in [0.717, 1.165) is 68.1 Å². The number of hydrogen-bond acceptors (Lipinski definition) is 6. The molecule has 3 aromatic rings. The number of anilines is 2. The van der Waals surface area contributed by atoms with E-state index in [9.17, 15) is 0 Å². The Bertz CT molecular complexity index is 1240. The van der Waals surface area contributed by atoms with Crippen LogP contribution < -0.4 is 15.4 Å². The Morgan fingerprint density at radius 2 is 1.97 bits per heavy atom. The van der Waals surface area contributed by atoms with Crippen molar-refractivity contribution in [1.82, 2.24) is 24.8 Å². The molecule has 2 N–H and O–H groups in total. The highest BCUT2D eigenvalue weighted by atomic mass is 16.5. The maximum atomic E-state index is 5.38. The summed E-state index contributed by atoms with van der Waals surface area (Å²) in [5, 5.41) is 11.7. The van der Waals surface area contributed by atoms with Crippen LogP contribution in [0.25, 0.3) is 5.52 Å². The van der Waals surface area contributed by atoms with Crippen LogP contribution >= 0.6 is 0 Å². The Morgan fingerprint density at radius 1 is 1.13 bits per heavy atom. The highest BCUT2D eigenvalue weighted by Crippen LogP contribution is 2.26. The van der Waals surface area contributed by atoms with Crippen LogP contribution in [0.1, 0.15) is 58.4 Å². The third-order valence-electron chi connectivity index (χ3n) is 6.58. The van der Waals surface area contributed by atoms with Gasteiger partial charge in [0.1, 0.15) is 17.6 Å². The van der Waals surface area contributed by atoms with Crippen molar-refractivity contribution >= 4 is 17.0 Å². The van der Waals surface area contributed by atoms with Crippen molar-refractivity contribution in [1.29, 1.82) is 0 Å². The Kier molecular flexibility index (Phi) is 12.6. The monoisotopic (exact) mass is 528 g/mol. The van der Waals surface area contributed by atoms with E-state index in [0.29, 0.717) is 18.5 Å². The van der Waals surface area contributed by atoms with E-state index in [1.807, 2.05) is 41.1 Å². The van der Waals surface area contributed by atoms with Gasteiger partial charge in [-0.25, -0.2) is 9.50 Å². The number of methoxy groups -OCH3 is 1. The second kappa shape index (κ2) is 16.4. The molecular weight excluding hydrogens is 484 g/mol. The Labute approximate surface area is 234 Å². The van der Waals surface area contributed by atoms with Crippen LogP contribution in [0.15, 0.2) is 67.2 Å². The van der Waals surface area contributed by atoms with E-state index < -0.39 is 0 Å². The summed E-state index contributed by atoms with van der Waals surface area (Å²) in [6.45, 7) is 9.69. The van der Waals surface area contributed by atoms with E-state index in [1.54, 1.807) is 13.4 Å². The Hall–Kier alpha value is -3.60. The van der Waals surface area contributed by atoms with Crippen molar-refractivity contribution in [2.45, 2.75) is 71.5 Å². The molecule has 2 heterocycles. The average Bonchev–Trinajstić information content (AvgIpc) is 3.35. The number of fused-ring (bicyclic) bond motifs is 1. The smallest absolute Gasteiger partial charge is 0.158 e. The van der Waals surface area contributed by atoms with Gasteiger partial charge in [0, 0.05) is 43.0 Å². The number of allylic oxidation sites excluding steroid dienone is 3. The fourth-order valence-electron chi connectivity index (χ4n) is 4.64. The van der Waals surface area contributed by atoms with E-state index in [2.05, 4.69) is 76.6 Å². The molecule has 2 aromatic heterocycles. The first-order valence-electron chi connectivity index (χ1n) is 14.0. The maximum Gasteiger partial charge on any atom is 0.158 e. The van der Waals surface area contributed by atoms with Gasteiger partial charge in [0.2, 0.25) is 0 Å². The summed E-state index contributed by atoms with van der Waals surface area (Å²) in [5.41, 5.74) is 3.14. The first-order valence-corrected chi connectivity index (χ1v) is 14.0. The predicted octanol–water partition coefficient (Wildman–Crippen LogP) is 6.37. The first kappa shape index (κ1) is 29.9. The molecule has 0 fully saturated rings. The molecule has 0 aliphatic rings. The number of rotatable bonds is 17. The topological polar surface area (TPSA) is 66.7 Å². The lowest BCUT2D eigenvalue weighted by Crippen LogP contribution is -2.37. The van der Waals surface area contributed by atoms with Gasteiger partial charge in [0.15, 0.2) is 5.82 Å². The molecule has 2 atom stereocenters. The maximum absolute atomic E-state index is 5.38. The standard InChI is InChI=1S/C32H44N6O/c1-6-8-9-10-11-12-13-15-26(3)35-27(4)18-21-37(20-7-2)24-28-19-22-38-31(28)32(33-25-34-38)36-29-16-14-17-30(23-29)39-5/h1,9-10,12-14,16-17,19,22-23,25-27,35H,7-8,11,15,18,20-21,24H2,2-5H3,(H,33,34,36)/b10-9-,13-12-/t26-,27+/m1/s1. The molecule has 7 nitrogen and oxygen atoms in total. The Morgan fingerprint density at radius 3 is 2.77 bits per heavy atom. The molecule has 0 aliphatic carbocycles. The first-order chi connectivity index (χ1) is 19.0. The van der Waals surface area contributed by atoms with Crippen LogP contribution in [-0.4, -0.2) is 51.8 Å². The molecule has 0 unspecified atom stereocenters. The summed E-state index contributed by atoms with van der Waals surface area (Å²) < 4.78 is 7.28. The summed E-state index contributed by atoms with van der Waals surface area (Å²) in [5.74, 6) is 4.21. The van der Waals surface area contributed by atoms with Gasteiger partial charge in [-0.05, 0) is 76.4 Å². The van der Waals surface area contributed by atoms with Crippen LogP contribution in [0.3, 0.4) is 0 Å². The van der Waals surface area contributed by atoms with Gasteiger partial charge in [0.05, 0.1) is 7.11 Å². The number of nitrogens with zero attached hydrogens (tertiary/aromatic N) is 4. The van der Waals surface area contributed by atoms with E-state index in [-0.39, 0.29) is 0 Å². The fourth-order valence-corrected chi connectivity index (χ4v) is 4.64. The predicted molar refractivity (Wildman–Crippen MR) is 162 cm³/mol. The number of ether oxygens (including phenoxy) is 1. The molecule has 0 bridgehead atoms. The van der Waals surface area contributed by atoms with Gasteiger partial charge in [-0.3, -0.25) is 4.90 Å². The second-order valence-corrected chi connectivity index (χ2v) is 9.96. The minimum Gasteiger partial charge on any atom is -0.497 e. The molecule has 0 saturated heterocycles. The minimum atomic E-state index is 0.433. The molecule has 0 aliphatic heterocycles. The quantitative estimate of drug-likeness (QED) is 0.157. The van der Waals surface area contributed by atoms with Crippen molar-refractivity contribution in [2.24, 2.45) is 0 Å². The molecule has 0 radical (unpaired) electrons. The Balaban J connectivity index is 1.58. The van der Waals surface area contributed by atoms with Crippen LogP contribution in [-0.2, 0) is 6.54 Å². The minimum absolute atomic E-state index is 0.433. The number of benzene rings is 1. The summed E-state index contributed by atoms with van der Waals surface area (Å²) in [7, 11) is 1.67. The summed E-state index contributed by atoms with van der Waals surface area (Å²) in [6, 6.07) is 10.9. The lowest BCUT2D eigenvalue weighted by molar-refractivity contribution is 0.249. The van der Waals surface area contributed by atoms with Gasteiger partial charge in [-0.15, -0.1) is 12.3 Å². The van der Waals surface area contributed by atoms with E-state index >= 15 is 0 Å². The summed E-state index contributed by atoms with van der Waals surface area (Å²) in [6.07, 6.45) is 22.3. The normalized spacial score (nSPS) is 13.3. The van der Waals surface area contributed by atoms with Gasteiger partial charge in [0.25, 0.3) is 0 Å². The summed E-state index contributed by atoms with van der Waals surface area (Å²) in [4.78, 5) is 7.10. The van der Waals surface area contributed by atoms with Gasteiger partial charge < -0.3 is 15.4 Å². The molecule has 3 rings (SSSR count). The number of aromatic nitrogens is 3. The zero-order valence-corrected chi connectivity index (χ0v) is 23.9. The molecule has 208 valence electrons. The molecule has 0 spiro atoms. The van der Waals surface area contributed by atoms with Gasteiger partial charge in [-0.1, -0.05) is 37.3 Å². The fraction of sp³-hybridized carbons (Fsp3) is 0.438. The molecule has 1 aromatic carbocycles. The zero-order valence-electron chi connectivity index (χ0n) is 23.9. The third-order valence-corrected chi connectivity index (χ3v) is 6.58. The highest BCUT2D eigenvalue weighted by molar-refractivity contribution is 5.76. The van der Waals surface area contributed by atoms with Crippen LogP contribution in [0, 0.1) is 12.3 Å². The lowest BCUT2D eigenvalue weighted by Gasteiger charge is -2.25. The lowest BCUT2D eigenvalue weighted by atomic mass is 10.1. The van der Waals surface area contributed by atoms with Crippen molar-refractivity contribution in [3.05, 3.63) is 72.7 Å². The van der Waals surface area contributed by atoms with Gasteiger partial charge >= 0.3 is 0 Å². The van der Waals surface area contributed by atoms with Crippen molar-refractivity contribution in [3.8, 4) is 18.1 Å². The zero-order chi connectivity index (χ0) is 27.9. The van der Waals surface area contributed by atoms with Crippen molar-refractivity contribution in [2.75, 3.05) is 25.5 Å². The van der Waals surface area contributed by atoms with Crippen LogP contribution in [0.2, 0.25) is 0 Å². The average molecular weight is 529 g/mol. The third kappa shape index (κ3) is 9.90. The molecule has 7 heteroatoms. The van der Waals surface area contributed by atoms with Crippen molar-refractivity contribution < 1.29 is 4.74 Å². The highest BCUT2D eigenvalue weighted by Gasteiger charge is 2.15. The molecule has 0 amide bonds. The molecule has 0 saturated carbocycles. The number of hydrogen-bond donors (Lipinski definition) is 2. The van der Waals surface area contributed by atoms with Gasteiger partial charge in [-0.2, -0.15) is 5.10 Å². The molecular formula is C32H44N6O. The largest absolute Gasteiger partial charge is 0.497 e. The van der Waals surface area contributed by atoms with Crippen LogP contribution in [0.4, 0.5) is 11.5 Å². The van der Waals surface area contributed by atoms with E-state index in [1.165, 1.54) is 5.56 Å². The second-order valence-electron chi connectivity index (χ2n) is 9.96. The molecule has 39 heavy (non-hydrogen) atoms. The number of nitrogens with one attached hydrogen (secondary N) is 2. The van der Waals surface area contributed by atoms with Crippen LogP contribution in [0.5, 0.6) is 5.75 Å². The van der Waals surface area contributed by atoms with E-state index in [4.69, 9.17) is 11.2 Å². The van der Waals surface area contributed by atoms with Crippen molar-refractivity contribution in [3.63, 3.8) is 0 Å².